The Morgan fingerprint density at radius 2 is 1.03 bits per heavy atom. The van der Waals surface area contributed by atoms with Gasteiger partial charge in [0.2, 0.25) is 0 Å². The highest BCUT2D eigenvalue weighted by molar-refractivity contribution is 5.85. The van der Waals surface area contributed by atoms with E-state index in [4.69, 9.17) is 9.47 Å². The second-order valence-electron chi connectivity index (χ2n) is 7.80. The van der Waals surface area contributed by atoms with E-state index in [1.165, 1.54) is 22.3 Å². The van der Waals surface area contributed by atoms with Crippen LogP contribution in [0.25, 0.3) is 0 Å². The minimum absolute atomic E-state index is 0. The van der Waals surface area contributed by atoms with Crippen molar-refractivity contribution in [3.8, 4) is 11.5 Å². The van der Waals surface area contributed by atoms with Gasteiger partial charge in [-0.25, -0.2) is 0 Å². The first-order valence-corrected chi connectivity index (χ1v) is 10.8. The first kappa shape index (κ1) is 26.0. The Labute approximate surface area is 203 Å². The smallest absolute Gasteiger partial charge is 0.123 e. The van der Waals surface area contributed by atoms with Gasteiger partial charge in [-0.2, -0.15) is 0 Å². The average molecular weight is 462 g/mol. The molecule has 0 aliphatic rings. The summed E-state index contributed by atoms with van der Waals surface area (Å²) in [5.41, 5.74) is 4.77. The van der Waals surface area contributed by atoms with Gasteiger partial charge in [-0.3, -0.25) is 0 Å². The first-order valence-electron chi connectivity index (χ1n) is 10.8. The van der Waals surface area contributed by atoms with Gasteiger partial charge in [-0.15, -0.1) is 12.4 Å². The zero-order valence-electron chi connectivity index (χ0n) is 19.0. The van der Waals surface area contributed by atoms with Gasteiger partial charge in [0.05, 0.1) is 0 Å². The maximum atomic E-state index is 6.19. The molecule has 0 bridgehead atoms. The van der Waals surface area contributed by atoms with E-state index in [9.17, 15) is 0 Å². The third-order valence-corrected chi connectivity index (χ3v) is 5.42. The molecule has 1 unspecified atom stereocenters. The summed E-state index contributed by atoms with van der Waals surface area (Å²) >= 11 is 0. The Balaban J connectivity index is 0.00000193. The maximum Gasteiger partial charge on any atom is 0.123 e. The van der Waals surface area contributed by atoms with Crippen LogP contribution < -0.4 is 15.6 Å². The van der Waals surface area contributed by atoms with Crippen LogP contribution in [0.15, 0.2) is 109 Å². The number of hydrogen-bond acceptors (Lipinski definition) is 3. The first-order chi connectivity index (χ1) is 15.3. The molecule has 0 fully saturated rings. The molecule has 3 N–H and O–H groups in total. The molecule has 0 aliphatic heterocycles. The Morgan fingerprint density at radius 1 is 0.576 bits per heavy atom. The maximum absolute atomic E-state index is 6.19. The minimum atomic E-state index is 0. The van der Waals surface area contributed by atoms with Gasteiger partial charge in [-0.05, 0) is 46.7 Å². The van der Waals surface area contributed by atoms with E-state index in [2.05, 4.69) is 67.6 Å². The molecule has 0 heterocycles. The van der Waals surface area contributed by atoms with Gasteiger partial charge in [0.1, 0.15) is 24.7 Å². The van der Waals surface area contributed by atoms with E-state index in [0.717, 1.165) is 17.9 Å². The molecule has 4 aromatic carbocycles. The van der Waals surface area contributed by atoms with Crippen molar-refractivity contribution in [1.82, 2.24) is 6.15 Å². The van der Waals surface area contributed by atoms with Crippen LogP contribution in [0.2, 0.25) is 0 Å². The molecule has 0 amide bonds. The Kier molecular flexibility index (Phi) is 10.5. The lowest BCUT2D eigenvalue weighted by Gasteiger charge is -2.19. The molecule has 1 atom stereocenters. The fraction of sp³-hybridized carbons (Fsp3) is 0.172. The van der Waals surface area contributed by atoms with Crippen LogP contribution in [0.1, 0.15) is 35.1 Å². The summed E-state index contributed by atoms with van der Waals surface area (Å²) in [4.78, 5) is 0. The van der Waals surface area contributed by atoms with Crippen LogP contribution in [0.3, 0.4) is 0 Å². The third kappa shape index (κ3) is 7.38. The number of para-hydroxylation sites is 2. The summed E-state index contributed by atoms with van der Waals surface area (Å²) in [6.07, 6.45) is 0.886. The molecule has 3 nitrogen and oxygen atoms in total. The number of halogens is 1. The average Bonchev–Trinajstić information content (AvgIpc) is 2.83. The van der Waals surface area contributed by atoms with Crippen molar-refractivity contribution in [2.45, 2.75) is 32.5 Å². The minimum Gasteiger partial charge on any atom is -0.489 e. The van der Waals surface area contributed by atoms with Gasteiger partial charge in [0, 0.05) is 0 Å². The van der Waals surface area contributed by atoms with Gasteiger partial charge in [0.25, 0.3) is 0 Å². The van der Waals surface area contributed by atoms with E-state index < -0.39 is 0 Å². The van der Waals surface area contributed by atoms with Crippen molar-refractivity contribution in [2.24, 2.45) is 0 Å². The molecule has 4 aromatic rings. The molecule has 0 aromatic heterocycles. The second kappa shape index (κ2) is 13.3. The standard InChI is InChI=1S/C29H28O2.ClH.H3N/c1-23(27-17-9-11-19-29(27)31-22-25-14-6-3-7-15-25)20-26-16-8-10-18-28(26)30-21-24-12-4-2-5-13-24;;/h2-19,23H,20-22H2,1H3;1H;1H3. The lowest BCUT2D eigenvalue weighted by molar-refractivity contribution is 0.298. The molecular weight excluding hydrogens is 430 g/mol. The predicted molar refractivity (Wildman–Crippen MR) is 139 cm³/mol. The predicted octanol–water partition coefficient (Wildman–Crippen LogP) is 7.77. The number of hydrogen-bond donors (Lipinski definition) is 1. The fourth-order valence-electron chi connectivity index (χ4n) is 3.74. The lowest BCUT2D eigenvalue weighted by atomic mass is 9.92. The van der Waals surface area contributed by atoms with E-state index in [-0.39, 0.29) is 18.6 Å². The Hall–Kier alpha value is -3.27. The molecule has 0 radical (unpaired) electrons. The van der Waals surface area contributed by atoms with Crippen molar-refractivity contribution in [3.63, 3.8) is 0 Å². The molecular formula is C29H32ClNO2. The van der Waals surface area contributed by atoms with Gasteiger partial charge >= 0.3 is 0 Å². The molecule has 0 saturated carbocycles. The SMILES string of the molecule is CC(Cc1ccccc1OCc1ccccc1)c1ccccc1OCc1ccccc1.Cl.N. The van der Waals surface area contributed by atoms with Gasteiger partial charge < -0.3 is 15.6 Å². The molecule has 0 spiro atoms. The van der Waals surface area contributed by atoms with Crippen LogP contribution >= 0.6 is 12.4 Å². The van der Waals surface area contributed by atoms with Crippen LogP contribution in [0, 0.1) is 0 Å². The van der Waals surface area contributed by atoms with E-state index in [0.29, 0.717) is 19.1 Å². The summed E-state index contributed by atoms with van der Waals surface area (Å²) in [6, 6.07) is 37.2. The highest BCUT2D eigenvalue weighted by Crippen LogP contribution is 2.32. The molecule has 0 saturated heterocycles. The highest BCUT2D eigenvalue weighted by atomic mass is 35.5. The van der Waals surface area contributed by atoms with Crippen molar-refractivity contribution in [3.05, 3.63) is 131 Å². The molecule has 33 heavy (non-hydrogen) atoms. The summed E-state index contributed by atoms with van der Waals surface area (Å²) in [6.45, 7) is 3.39. The van der Waals surface area contributed by atoms with Crippen LogP contribution in [-0.4, -0.2) is 0 Å². The van der Waals surface area contributed by atoms with E-state index >= 15 is 0 Å². The number of benzene rings is 4. The molecule has 0 aliphatic carbocycles. The highest BCUT2D eigenvalue weighted by Gasteiger charge is 2.15. The monoisotopic (exact) mass is 461 g/mol. The quantitative estimate of drug-likeness (QED) is 0.277. The Bertz CT molecular complexity index is 1090. The largest absolute Gasteiger partial charge is 0.489 e. The van der Waals surface area contributed by atoms with Crippen LogP contribution in [0.4, 0.5) is 0 Å². The summed E-state index contributed by atoms with van der Waals surface area (Å²) in [5, 5.41) is 0. The summed E-state index contributed by atoms with van der Waals surface area (Å²) in [7, 11) is 0. The van der Waals surface area contributed by atoms with Crippen LogP contribution in [0.5, 0.6) is 11.5 Å². The van der Waals surface area contributed by atoms with Crippen molar-refractivity contribution >= 4 is 12.4 Å². The van der Waals surface area contributed by atoms with Crippen molar-refractivity contribution < 1.29 is 9.47 Å². The lowest BCUT2D eigenvalue weighted by Crippen LogP contribution is -2.05. The van der Waals surface area contributed by atoms with Crippen molar-refractivity contribution in [1.29, 1.82) is 0 Å². The molecule has 4 rings (SSSR count). The fourth-order valence-corrected chi connectivity index (χ4v) is 3.74. The molecule has 4 heteroatoms. The zero-order valence-corrected chi connectivity index (χ0v) is 19.8. The van der Waals surface area contributed by atoms with E-state index in [1.807, 2.05) is 48.5 Å². The third-order valence-electron chi connectivity index (χ3n) is 5.42. The molecule has 172 valence electrons. The van der Waals surface area contributed by atoms with E-state index in [1.54, 1.807) is 0 Å². The number of ether oxygens (including phenoxy) is 2. The summed E-state index contributed by atoms with van der Waals surface area (Å²) in [5.74, 6) is 2.19. The van der Waals surface area contributed by atoms with Gasteiger partial charge in [0.15, 0.2) is 0 Å². The second-order valence-corrected chi connectivity index (χ2v) is 7.80. The topological polar surface area (TPSA) is 53.5 Å². The Morgan fingerprint density at radius 3 is 1.64 bits per heavy atom. The number of rotatable bonds is 9. The zero-order chi connectivity index (χ0) is 21.3. The summed E-state index contributed by atoms with van der Waals surface area (Å²) < 4.78 is 12.4. The van der Waals surface area contributed by atoms with Gasteiger partial charge in [-0.1, -0.05) is 104 Å². The van der Waals surface area contributed by atoms with Crippen LogP contribution in [-0.2, 0) is 19.6 Å². The van der Waals surface area contributed by atoms with Crippen molar-refractivity contribution in [2.75, 3.05) is 0 Å². The normalized spacial score (nSPS) is 10.9.